The Labute approximate surface area is 111 Å². The van der Waals surface area contributed by atoms with E-state index in [1.165, 1.54) is 6.07 Å². The van der Waals surface area contributed by atoms with Crippen LogP contribution in [0.1, 0.15) is 18.2 Å². The zero-order chi connectivity index (χ0) is 13.8. The van der Waals surface area contributed by atoms with Gasteiger partial charge < -0.3 is 9.73 Å². The van der Waals surface area contributed by atoms with Gasteiger partial charge in [-0.25, -0.2) is 0 Å². The van der Waals surface area contributed by atoms with Crippen LogP contribution in [0.3, 0.4) is 0 Å². The van der Waals surface area contributed by atoms with Crippen molar-refractivity contribution < 1.29 is 9.34 Å². The molecule has 2 aromatic rings. The number of benzene rings is 1. The summed E-state index contributed by atoms with van der Waals surface area (Å²) in [5, 5.41) is 14.1. The Hall–Kier alpha value is -2.30. The smallest absolute Gasteiger partial charge is 0.292 e. The van der Waals surface area contributed by atoms with E-state index < -0.39 is 0 Å². The quantitative estimate of drug-likeness (QED) is 0.659. The van der Waals surface area contributed by atoms with E-state index in [2.05, 4.69) is 5.32 Å². The minimum absolute atomic E-state index is 0.0478. The molecule has 19 heavy (non-hydrogen) atoms. The van der Waals surface area contributed by atoms with Crippen molar-refractivity contribution in [1.29, 1.82) is 0 Å². The molecular weight excluding hydrogens is 244 g/mol. The van der Waals surface area contributed by atoms with Crippen molar-refractivity contribution in [3.63, 3.8) is 0 Å². The average molecular weight is 260 g/mol. The lowest BCUT2D eigenvalue weighted by Crippen LogP contribution is -2.18. The predicted molar refractivity (Wildman–Crippen MR) is 73.3 cm³/mol. The molecule has 0 saturated heterocycles. The van der Waals surface area contributed by atoms with Gasteiger partial charge in [-0.2, -0.15) is 0 Å². The van der Waals surface area contributed by atoms with Gasteiger partial charge in [0.2, 0.25) is 0 Å². The van der Waals surface area contributed by atoms with Gasteiger partial charge >= 0.3 is 0 Å². The summed E-state index contributed by atoms with van der Waals surface area (Å²) in [5.74, 6) is 0.857. The second-order valence-electron chi connectivity index (χ2n) is 4.61. The largest absolute Gasteiger partial charge is 0.469 e. The van der Waals surface area contributed by atoms with Crippen LogP contribution in [0.4, 0.5) is 11.4 Å². The Morgan fingerprint density at radius 1 is 1.42 bits per heavy atom. The minimum atomic E-state index is -0.374. The van der Waals surface area contributed by atoms with Crippen LogP contribution < -0.4 is 5.32 Å². The standard InChI is InChI=1S/C14H16N2O3/c1-10-5-6-14(16(17)18)13(8-10)15-11(2)9-12-4-3-7-19-12/h3-8,11,15H,9H2,1-2H3. The van der Waals surface area contributed by atoms with Gasteiger partial charge in [-0.1, -0.05) is 6.07 Å². The van der Waals surface area contributed by atoms with Crippen molar-refractivity contribution in [2.75, 3.05) is 5.32 Å². The third-order valence-electron chi connectivity index (χ3n) is 2.84. The first-order valence-corrected chi connectivity index (χ1v) is 6.10. The molecule has 0 aliphatic heterocycles. The summed E-state index contributed by atoms with van der Waals surface area (Å²) >= 11 is 0. The van der Waals surface area contributed by atoms with Crippen molar-refractivity contribution >= 4 is 11.4 Å². The monoisotopic (exact) mass is 260 g/mol. The minimum Gasteiger partial charge on any atom is -0.469 e. The lowest BCUT2D eigenvalue weighted by atomic mass is 10.1. The first-order chi connectivity index (χ1) is 9.06. The molecule has 100 valence electrons. The van der Waals surface area contributed by atoms with Crippen molar-refractivity contribution in [3.05, 3.63) is 58.0 Å². The van der Waals surface area contributed by atoms with E-state index in [1.54, 1.807) is 18.4 Å². The normalized spacial score (nSPS) is 12.1. The number of nitro benzene ring substituents is 1. The molecule has 2 rings (SSSR count). The molecule has 0 aliphatic rings. The first-order valence-electron chi connectivity index (χ1n) is 6.10. The summed E-state index contributed by atoms with van der Waals surface area (Å²) in [6.07, 6.45) is 2.30. The van der Waals surface area contributed by atoms with Gasteiger partial charge in [0.25, 0.3) is 5.69 Å². The van der Waals surface area contributed by atoms with Gasteiger partial charge in [-0.05, 0) is 37.6 Å². The number of nitro groups is 1. The third kappa shape index (κ3) is 3.34. The molecule has 1 heterocycles. The van der Waals surface area contributed by atoms with E-state index in [-0.39, 0.29) is 16.7 Å². The molecule has 0 bridgehead atoms. The number of hydrogen-bond donors (Lipinski definition) is 1. The molecule has 0 amide bonds. The van der Waals surface area contributed by atoms with Gasteiger partial charge in [-0.15, -0.1) is 0 Å². The van der Waals surface area contributed by atoms with Crippen LogP contribution in [0.25, 0.3) is 0 Å². The fourth-order valence-corrected chi connectivity index (χ4v) is 1.97. The molecule has 5 nitrogen and oxygen atoms in total. The van der Waals surface area contributed by atoms with E-state index >= 15 is 0 Å². The molecule has 0 radical (unpaired) electrons. The Bertz CT molecular complexity index is 564. The summed E-state index contributed by atoms with van der Waals surface area (Å²) in [7, 11) is 0. The molecule has 0 fully saturated rings. The Kier molecular flexibility index (Phi) is 3.85. The average Bonchev–Trinajstić information content (AvgIpc) is 2.81. The Morgan fingerprint density at radius 3 is 2.84 bits per heavy atom. The highest BCUT2D eigenvalue weighted by Gasteiger charge is 2.15. The predicted octanol–water partition coefficient (Wildman–Crippen LogP) is 3.54. The fourth-order valence-electron chi connectivity index (χ4n) is 1.97. The Balaban J connectivity index is 2.13. The van der Waals surface area contributed by atoms with Crippen molar-refractivity contribution in [3.8, 4) is 0 Å². The second-order valence-corrected chi connectivity index (χ2v) is 4.61. The molecule has 1 atom stereocenters. The molecule has 1 aromatic heterocycles. The summed E-state index contributed by atoms with van der Waals surface area (Å²) in [5.41, 5.74) is 1.62. The molecule has 1 N–H and O–H groups in total. The lowest BCUT2D eigenvalue weighted by molar-refractivity contribution is -0.384. The van der Waals surface area contributed by atoms with Crippen LogP contribution >= 0.6 is 0 Å². The van der Waals surface area contributed by atoms with Gasteiger partial charge in [0.1, 0.15) is 11.4 Å². The topological polar surface area (TPSA) is 68.3 Å². The van der Waals surface area contributed by atoms with Crippen molar-refractivity contribution in [2.24, 2.45) is 0 Å². The molecule has 0 saturated carbocycles. The van der Waals surface area contributed by atoms with Crippen LogP contribution in [-0.2, 0) is 6.42 Å². The summed E-state index contributed by atoms with van der Waals surface area (Å²) in [6.45, 7) is 3.88. The molecule has 1 unspecified atom stereocenters. The highest BCUT2D eigenvalue weighted by atomic mass is 16.6. The van der Waals surface area contributed by atoms with E-state index in [9.17, 15) is 10.1 Å². The number of rotatable bonds is 5. The van der Waals surface area contributed by atoms with Crippen molar-refractivity contribution in [2.45, 2.75) is 26.3 Å². The number of nitrogens with one attached hydrogen (secondary N) is 1. The SMILES string of the molecule is Cc1ccc([N+](=O)[O-])c(NC(C)Cc2ccco2)c1. The fraction of sp³-hybridized carbons (Fsp3) is 0.286. The zero-order valence-electron chi connectivity index (χ0n) is 10.9. The van der Waals surface area contributed by atoms with E-state index in [4.69, 9.17) is 4.42 Å². The van der Waals surface area contributed by atoms with Crippen LogP contribution in [0.2, 0.25) is 0 Å². The van der Waals surface area contributed by atoms with E-state index in [1.807, 2.05) is 26.0 Å². The number of aryl methyl sites for hydroxylation is 1. The maximum Gasteiger partial charge on any atom is 0.292 e. The Morgan fingerprint density at radius 2 is 2.21 bits per heavy atom. The van der Waals surface area contributed by atoms with Gasteiger partial charge in [0, 0.05) is 18.5 Å². The van der Waals surface area contributed by atoms with Gasteiger partial charge in [0.15, 0.2) is 0 Å². The number of hydrogen-bond acceptors (Lipinski definition) is 4. The highest BCUT2D eigenvalue weighted by molar-refractivity contribution is 5.63. The maximum atomic E-state index is 11.0. The summed E-state index contributed by atoms with van der Waals surface area (Å²) in [4.78, 5) is 10.6. The van der Waals surface area contributed by atoms with Crippen LogP contribution in [0.5, 0.6) is 0 Å². The molecule has 1 aromatic carbocycles. The van der Waals surface area contributed by atoms with Crippen LogP contribution in [0.15, 0.2) is 41.0 Å². The summed E-state index contributed by atoms with van der Waals surface area (Å²) in [6, 6.07) is 8.82. The van der Waals surface area contributed by atoms with Crippen LogP contribution in [0, 0.1) is 17.0 Å². The lowest BCUT2D eigenvalue weighted by Gasteiger charge is -2.14. The van der Waals surface area contributed by atoms with Crippen LogP contribution in [-0.4, -0.2) is 11.0 Å². The van der Waals surface area contributed by atoms with Gasteiger partial charge in [0.05, 0.1) is 11.2 Å². The van der Waals surface area contributed by atoms with E-state index in [0.717, 1.165) is 11.3 Å². The highest BCUT2D eigenvalue weighted by Crippen LogP contribution is 2.26. The molecule has 0 aliphatic carbocycles. The van der Waals surface area contributed by atoms with E-state index in [0.29, 0.717) is 12.1 Å². The number of nitrogens with zero attached hydrogens (tertiary/aromatic N) is 1. The van der Waals surface area contributed by atoms with Crippen molar-refractivity contribution in [1.82, 2.24) is 0 Å². The third-order valence-corrected chi connectivity index (χ3v) is 2.84. The van der Waals surface area contributed by atoms with Gasteiger partial charge in [-0.3, -0.25) is 10.1 Å². The number of anilines is 1. The molecule has 0 spiro atoms. The second kappa shape index (κ2) is 5.56. The number of furan rings is 1. The molecular formula is C14H16N2O3. The molecule has 5 heteroatoms. The maximum absolute atomic E-state index is 11.0. The zero-order valence-corrected chi connectivity index (χ0v) is 10.9. The summed E-state index contributed by atoms with van der Waals surface area (Å²) < 4.78 is 5.27. The first kappa shape index (κ1) is 13.1.